The van der Waals surface area contributed by atoms with E-state index in [2.05, 4.69) is 26.2 Å². The van der Waals surface area contributed by atoms with Gasteiger partial charge in [-0.1, -0.05) is 19.3 Å². The number of aliphatic hydroxyl groups is 1. The minimum absolute atomic E-state index is 0.0275. The van der Waals surface area contributed by atoms with Crippen LogP contribution in [0, 0.1) is 5.92 Å². The van der Waals surface area contributed by atoms with Gasteiger partial charge in [-0.25, -0.2) is 4.98 Å². The number of rotatable bonds is 5. The summed E-state index contributed by atoms with van der Waals surface area (Å²) in [4.78, 5) is 29.6. The van der Waals surface area contributed by atoms with E-state index in [0.29, 0.717) is 12.0 Å². The number of methoxy groups -OCH3 is 1. The van der Waals surface area contributed by atoms with Crippen LogP contribution < -0.4 is 24.8 Å². The van der Waals surface area contributed by atoms with Gasteiger partial charge in [-0.05, 0) is 50.7 Å². The number of anilines is 5. The number of hydrogen-bond acceptors (Lipinski definition) is 8. The third kappa shape index (κ3) is 4.47. The molecule has 1 aromatic carbocycles. The maximum absolute atomic E-state index is 13.4. The van der Waals surface area contributed by atoms with Gasteiger partial charge in [0.2, 0.25) is 11.9 Å². The number of ether oxygens (including phenoxy) is 1. The Kier molecular flexibility index (Phi) is 6.56. The first kappa shape index (κ1) is 24.3. The fraction of sp³-hybridized carbons (Fsp3) is 0.607. The number of hydrogen-bond donors (Lipinski definition) is 2. The molecule has 3 heterocycles. The molecule has 2 N–H and O–H groups in total. The van der Waals surface area contributed by atoms with Crippen LogP contribution in [0.15, 0.2) is 24.4 Å². The Bertz CT molecular complexity index is 1140. The Labute approximate surface area is 218 Å². The van der Waals surface area contributed by atoms with Crippen LogP contribution in [0.4, 0.5) is 28.8 Å². The van der Waals surface area contributed by atoms with Gasteiger partial charge in [0, 0.05) is 44.0 Å². The van der Waals surface area contributed by atoms with Gasteiger partial charge < -0.3 is 29.9 Å². The number of carbonyl (C=O) groups is 1. The van der Waals surface area contributed by atoms with Crippen LogP contribution in [0.1, 0.15) is 57.8 Å². The zero-order valence-corrected chi connectivity index (χ0v) is 21.9. The Balaban J connectivity index is 1.32. The van der Waals surface area contributed by atoms with Gasteiger partial charge in [-0.15, -0.1) is 0 Å². The molecule has 2 aliphatic heterocycles. The molecule has 2 aliphatic carbocycles. The second-order valence-corrected chi connectivity index (χ2v) is 11.0. The molecule has 37 heavy (non-hydrogen) atoms. The van der Waals surface area contributed by atoms with Crippen molar-refractivity contribution in [2.24, 2.45) is 5.92 Å². The third-order valence-corrected chi connectivity index (χ3v) is 8.82. The molecule has 0 spiro atoms. The number of benzene rings is 1. The highest BCUT2D eigenvalue weighted by Crippen LogP contribution is 2.45. The summed E-state index contributed by atoms with van der Waals surface area (Å²) in [5, 5.41) is 13.2. The molecule has 1 saturated heterocycles. The van der Waals surface area contributed by atoms with E-state index in [0.717, 1.165) is 86.7 Å². The second-order valence-electron chi connectivity index (χ2n) is 11.0. The van der Waals surface area contributed by atoms with E-state index in [-0.39, 0.29) is 24.0 Å². The van der Waals surface area contributed by atoms with Gasteiger partial charge in [0.1, 0.15) is 11.4 Å². The second kappa shape index (κ2) is 10.0. The summed E-state index contributed by atoms with van der Waals surface area (Å²) in [6.45, 7) is 1.66. The van der Waals surface area contributed by atoms with Gasteiger partial charge in [0.05, 0.1) is 31.0 Å². The largest absolute Gasteiger partial charge is 0.494 e. The molecule has 0 unspecified atom stereocenters. The van der Waals surface area contributed by atoms with Crippen LogP contribution in [0.2, 0.25) is 0 Å². The lowest BCUT2D eigenvalue weighted by atomic mass is 9.99. The monoisotopic (exact) mass is 506 g/mol. The number of piperidine rings is 1. The molecule has 2 atom stereocenters. The number of aliphatic hydroxyl groups excluding tert-OH is 1. The zero-order valence-electron chi connectivity index (χ0n) is 21.9. The van der Waals surface area contributed by atoms with E-state index < -0.39 is 0 Å². The average Bonchev–Trinajstić information content (AvgIpc) is 3.61. The average molecular weight is 507 g/mol. The van der Waals surface area contributed by atoms with Crippen molar-refractivity contribution >= 4 is 34.7 Å². The van der Waals surface area contributed by atoms with Crippen LogP contribution in [0.25, 0.3) is 0 Å². The third-order valence-electron chi connectivity index (χ3n) is 8.82. The maximum Gasteiger partial charge on any atom is 0.232 e. The molecular formula is C28H38N6O3. The molecular weight excluding hydrogens is 468 g/mol. The van der Waals surface area contributed by atoms with E-state index in [1.165, 1.54) is 12.8 Å². The Morgan fingerprint density at radius 2 is 1.84 bits per heavy atom. The lowest BCUT2D eigenvalue weighted by molar-refractivity contribution is -0.122. The lowest BCUT2D eigenvalue weighted by Crippen LogP contribution is -2.46. The minimum atomic E-state index is -0.206. The number of fused-ring (bicyclic) bond motifs is 2. The van der Waals surface area contributed by atoms with Crippen molar-refractivity contribution in [1.82, 2.24) is 9.97 Å². The van der Waals surface area contributed by atoms with E-state index >= 15 is 0 Å². The zero-order chi connectivity index (χ0) is 25.5. The van der Waals surface area contributed by atoms with E-state index in [1.54, 1.807) is 18.2 Å². The number of carbonyl (C=O) groups excluding carboxylic acids is 1. The molecule has 198 valence electrons. The summed E-state index contributed by atoms with van der Waals surface area (Å²) in [5.74, 6) is 2.32. The van der Waals surface area contributed by atoms with Crippen LogP contribution in [0.3, 0.4) is 0 Å². The summed E-state index contributed by atoms with van der Waals surface area (Å²) in [7, 11) is 3.54. The first-order valence-electron chi connectivity index (χ1n) is 13.8. The topological polar surface area (TPSA) is 94.1 Å². The Morgan fingerprint density at radius 3 is 2.59 bits per heavy atom. The molecule has 9 nitrogen and oxygen atoms in total. The fourth-order valence-corrected chi connectivity index (χ4v) is 6.79. The molecule has 3 fully saturated rings. The van der Waals surface area contributed by atoms with Crippen molar-refractivity contribution in [2.45, 2.75) is 76.0 Å². The van der Waals surface area contributed by atoms with E-state index in [4.69, 9.17) is 9.72 Å². The predicted molar refractivity (Wildman–Crippen MR) is 145 cm³/mol. The molecule has 6 rings (SSSR count). The van der Waals surface area contributed by atoms with Gasteiger partial charge in [-0.2, -0.15) is 4.98 Å². The van der Waals surface area contributed by atoms with Crippen LogP contribution >= 0.6 is 0 Å². The Hall–Kier alpha value is -3.07. The Morgan fingerprint density at radius 1 is 1.05 bits per heavy atom. The summed E-state index contributed by atoms with van der Waals surface area (Å²) in [5.41, 5.74) is 2.68. The fourth-order valence-electron chi connectivity index (χ4n) is 6.79. The molecule has 4 aliphatic rings. The standard InChI is InChI=1S/C28H38N6O3/c1-32-24-17-29-28(30-22-11-10-19(16-25(22)37-2)33-14-12-20(35)13-15-33)31-26(24)34(18-6-3-4-7-18)23-9-5-8-21(23)27(32)36/h10-11,16-18,20-21,23,35H,3-9,12-15H2,1-2H3,(H,29,30,31)/t21-,23+/m0/s1. The highest BCUT2D eigenvalue weighted by atomic mass is 16.5. The van der Waals surface area contributed by atoms with Crippen molar-refractivity contribution in [3.8, 4) is 5.75 Å². The highest BCUT2D eigenvalue weighted by Gasteiger charge is 2.46. The molecule has 9 heteroatoms. The summed E-state index contributed by atoms with van der Waals surface area (Å²) in [6.07, 6.45) is 11.0. The minimum Gasteiger partial charge on any atom is -0.494 e. The van der Waals surface area contributed by atoms with Crippen molar-refractivity contribution < 1.29 is 14.6 Å². The number of amides is 1. The van der Waals surface area contributed by atoms with Crippen LogP contribution in [-0.2, 0) is 4.79 Å². The van der Waals surface area contributed by atoms with Gasteiger partial charge in [-0.3, -0.25) is 4.79 Å². The molecule has 2 saturated carbocycles. The number of nitrogens with zero attached hydrogens (tertiary/aromatic N) is 5. The van der Waals surface area contributed by atoms with Gasteiger partial charge in [0.25, 0.3) is 0 Å². The molecule has 0 radical (unpaired) electrons. The first-order chi connectivity index (χ1) is 18.0. The van der Waals surface area contributed by atoms with Gasteiger partial charge >= 0.3 is 0 Å². The molecule has 0 bridgehead atoms. The number of aromatic nitrogens is 2. The van der Waals surface area contributed by atoms with Gasteiger partial charge in [0.15, 0.2) is 5.82 Å². The number of nitrogens with one attached hydrogen (secondary N) is 1. The SMILES string of the molecule is COc1cc(N2CCC(O)CC2)ccc1Nc1ncc2c(n1)N(C1CCCC1)[C@@H]1CCC[C@@H]1C(=O)N2C. The van der Waals surface area contributed by atoms with Crippen LogP contribution in [-0.4, -0.2) is 66.4 Å². The summed E-state index contributed by atoms with van der Waals surface area (Å²) in [6, 6.07) is 6.74. The van der Waals surface area contributed by atoms with Crippen LogP contribution in [0.5, 0.6) is 5.75 Å². The predicted octanol–water partition coefficient (Wildman–Crippen LogP) is 4.08. The first-order valence-corrected chi connectivity index (χ1v) is 13.8. The van der Waals surface area contributed by atoms with Crippen molar-refractivity contribution in [1.29, 1.82) is 0 Å². The lowest BCUT2D eigenvalue weighted by Gasteiger charge is -2.36. The summed E-state index contributed by atoms with van der Waals surface area (Å²) >= 11 is 0. The molecule has 1 amide bonds. The smallest absolute Gasteiger partial charge is 0.232 e. The van der Waals surface area contributed by atoms with Crippen molar-refractivity contribution in [3.63, 3.8) is 0 Å². The highest BCUT2D eigenvalue weighted by molar-refractivity contribution is 5.99. The normalized spacial score (nSPS) is 24.7. The molecule has 1 aromatic heterocycles. The summed E-state index contributed by atoms with van der Waals surface area (Å²) < 4.78 is 5.74. The van der Waals surface area contributed by atoms with Crippen molar-refractivity contribution in [2.75, 3.05) is 47.3 Å². The van der Waals surface area contributed by atoms with E-state index in [1.807, 2.05) is 19.2 Å². The van der Waals surface area contributed by atoms with Crippen molar-refractivity contribution in [3.05, 3.63) is 24.4 Å². The maximum atomic E-state index is 13.4. The van der Waals surface area contributed by atoms with E-state index in [9.17, 15) is 9.90 Å². The molecule has 2 aromatic rings. The quantitative estimate of drug-likeness (QED) is 0.627.